The second-order valence-corrected chi connectivity index (χ2v) is 4.09. The van der Waals surface area contributed by atoms with Crippen molar-refractivity contribution in [1.82, 2.24) is 9.13 Å². The van der Waals surface area contributed by atoms with Crippen molar-refractivity contribution in [3.63, 3.8) is 0 Å². The molecule has 5 nitrogen and oxygen atoms in total. The van der Waals surface area contributed by atoms with Crippen LogP contribution in [0.1, 0.15) is 13.3 Å². The highest BCUT2D eigenvalue weighted by atomic mass is 79.9. The van der Waals surface area contributed by atoms with Crippen molar-refractivity contribution in [3.8, 4) is 0 Å². The molecular formula is C9H14BrN3O2. The molecule has 0 aromatic carbocycles. The number of rotatable bonds is 3. The van der Waals surface area contributed by atoms with Gasteiger partial charge in [-0.3, -0.25) is 13.9 Å². The third kappa shape index (κ3) is 2.14. The summed E-state index contributed by atoms with van der Waals surface area (Å²) in [5, 5.41) is 3.04. The summed E-state index contributed by atoms with van der Waals surface area (Å²) in [6.07, 6.45) is 0.926. The lowest BCUT2D eigenvalue weighted by atomic mass is 10.4. The molecular weight excluding hydrogens is 262 g/mol. The molecule has 0 radical (unpaired) electrons. The quantitative estimate of drug-likeness (QED) is 0.882. The van der Waals surface area contributed by atoms with Gasteiger partial charge in [-0.05, 0) is 22.4 Å². The lowest BCUT2D eigenvalue weighted by molar-refractivity contribution is 0.682. The first-order valence-electron chi connectivity index (χ1n) is 4.70. The molecule has 0 amide bonds. The average Bonchev–Trinajstić information content (AvgIpc) is 2.24. The standard InChI is InChI=1S/C9H14BrN3O2/c1-4-5-11-7-6(10)8(14)13(3)9(15)12(7)2/h11H,4-5H2,1-3H3. The fraction of sp³-hybridized carbons (Fsp3) is 0.556. The van der Waals surface area contributed by atoms with Gasteiger partial charge in [0.05, 0.1) is 0 Å². The van der Waals surface area contributed by atoms with E-state index in [0.717, 1.165) is 17.5 Å². The minimum absolute atomic E-state index is 0.322. The number of halogens is 1. The lowest BCUT2D eigenvalue weighted by Gasteiger charge is -2.12. The summed E-state index contributed by atoms with van der Waals surface area (Å²) in [7, 11) is 3.09. The minimum atomic E-state index is -0.332. The van der Waals surface area contributed by atoms with E-state index >= 15 is 0 Å². The van der Waals surface area contributed by atoms with Gasteiger partial charge in [-0.2, -0.15) is 0 Å². The Kier molecular flexibility index (Phi) is 3.73. The summed E-state index contributed by atoms with van der Waals surface area (Å²) in [6.45, 7) is 2.74. The van der Waals surface area contributed by atoms with E-state index in [1.807, 2.05) is 6.92 Å². The number of nitrogens with one attached hydrogen (secondary N) is 1. The Bertz CT molecular complexity index is 438. The molecule has 0 aliphatic rings. The van der Waals surface area contributed by atoms with Gasteiger partial charge in [0.25, 0.3) is 5.56 Å². The molecule has 0 unspecified atom stereocenters. The van der Waals surface area contributed by atoms with Crippen LogP contribution < -0.4 is 16.6 Å². The van der Waals surface area contributed by atoms with Crippen LogP contribution in [0.15, 0.2) is 14.1 Å². The van der Waals surface area contributed by atoms with Crippen molar-refractivity contribution in [1.29, 1.82) is 0 Å². The zero-order chi connectivity index (χ0) is 11.6. The Morgan fingerprint density at radius 3 is 2.40 bits per heavy atom. The normalized spacial score (nSPS) is 10.4. The predicted octanol–water partition coefficient (Wildman–Crippen LogP) is 0.668. The largest absolute Gasteiger partial charge is 0.370 e. The lowest BCUT2D eigenvalue weighted by Crippen LogP contribution is -2.38. The molecule has 0 spiro atoms. The van der Waals surface area contributed by atoms with Gasteiger partial charge in [0, 0.05) is 20.6 Å². The number of aromatic nitrogens is 2. The average molecular weight is 276 g/mol. The van der Waals surface area contributed by atoms with Gasteiger partial charge in [0.2, 0.25) is 0 Å². The Hall–Kier alpha value is -1.04. The number of nitrogens with zero attached hydrogens (tertiary/aromatic N) is 2. The number of anilines is 1. The number of hydrogen-bond acceptors (Lipinski definition) is 3. The number of hydrogen-bond donors (Lipinski definition) is 1. The van der Waals surface area contributed by atoms with Gasteiger partial charge in [-0.25, -0.2) is 4.79 Å². The van der Waals surface area contributed by atoms with Crippen LogP contribution in [-0.2, 0) is 14.1 Å². The van der Waals surface area contributed by atoms with E-state index in [4.69, 9.17) is 0 Å². The van der Waals surface area contributed by atoms with Gasteiger partial charge >= 0.3 is 5.69 Å². The van der Waals surface area contributed by atoms with E-state index in [2.05, 4.69) is 21.2 Å². The Balaban J connectivity index is 3.39. The van der Waals surface area contributed by atoms with Crippen LogP contribution in [0.5, 0.6) is 0 Å². The monoisotopic (exact) mass is 275 g/mol. The maximum absolute atomic E-state index is 11.6. The molecule has 1 heterocycles. The van der Waals surface area contributed by atoms with Crippen LogP contribution in [0.2, 0.25) is 0 Å². The molecule has 84 valence electrons. The first-order valence-corrected chi connectivity index (χ1v) is 5.49. The zero-order valence-corrected chi connectivity index (χ0v) is 10.6. The first kappa shape index (κ1) is 12.0. The summed E-state index contributed by atoms with van der Waals surface area (Å²) in [4.78, 5) is 23.2. The Morgan fingerprint density at radius 1 is 1.27 bits per heavy atom. The van der Waals surface area contributed by atoms with Gasteiger partial charge in [-0.15, -0.1) is 0 Å². The summed E-state index contributed by atoms with van der Waals surface area (Å²) < 4.78 is 2.88. The van der Waals surface area contributed by atoms with Crippen LogP contribution in [0.4, 0.5) is 5.82 Å². The fourth-order valence-corrected chi connectivity index (χ4v) is 1.92. The third-order valence-electron chi connectivity index (χ3n) is 2.15. The summed E-state index contributed by atoms with van der Waals surface area (Å²) in [6, 6.07) is 0. The fourth-order valence-electron chi connectivity index (χ4n) is 1.24. The molecule has 1 aromatic heterocycles. The maximum Gasteiger partial charge on any atom is 0.332 e. The van der Waals surface area contributed by atoms with E-state index in [-0.39, 0.29) is 11.2 Å². The Labute approximate surface area is 95.9 Å². The highest BCUT2D eigenvalue weighted by Crippen LogP contribution is 2.14. The second-order valence-electron chi connectivity index (χ2n) is 3.30. The molecule has 1 rings (SSSR count). The molecule has 6 heteroatoms. The minimum Gasteiger partial charge on any atom is -0.370 e. The Morgan fingerprint density at radius 2 is 1.87 bits per heavy atom. The molecule has 0 saturated heterocycles. The molecule has 1 aromatic rings. The van der Waals surface area contributed by atoms with Crippen LogP contribution >= 0.6 is 15.9 Å². The van der Waals surface area contributed by atoms with Crippen LogP contribution in [0.25, 0.3) is 0 Å². The molecule has 0 saturated carbocycles. The molecule has 0 bridgehead atoms. The van der Waals surface area contributed by atoms with Crippen molar-refractivity contribution in [2.75, 3.05) is 11.9 Å². The van der Waals surface area contributed by atoms with E-state index in [1.54, 1.807) is 7.05 Å². The molecule has 0 atom stereocenters. The predicted molar refractivity (Wildman–Crippen MR) is 63.4 cm³/mol. The summed E-state index contributed by atoms with van der Waals surface area (Å²) in [5.41, 5.74) is -0.654. The molecule has 15 heavy (non-hydrogen) atoms. The van der Waals surface area contributed by atoms with E-state index < -0.39 is 0 Å². The smallest absolute Gasteiger partial charge is 0.332 e. The highest BCUT2D eigenvalue weighted by molar-refractivity contribution is 9.10. The van der Waals surface area contributed by atoms with Gasteiger partial charge in [0.15, 0.2) is 0 Å². The van der Waals surface area contributed by atoms with Crippen molar-refractivity contribution in [3.05, 3.63) is 25.3 Å². The van der Waals surface area contributed by atoms with Crippen molar-refractivity contribution >= 4 is 21.7 Å². The van der Waals surface area contributed by atoms with Crippen molar-refractivity contribution in [2.45, 2.75) is 13.3 Å². The molecule has 0 aliphatic heterocycles. The SMILES string of the molecule is CCCNc1c(Br)c(=O)n(C)c(=O)n1C. The van der Waals surface area contributed by atoms with Gasteiger partial charge in [0.1, 0.15) is 10.3 Å². The highest BCUT2D eigenvalue weighted by Gasteiger charge is 2.11. The van der Waals surface area contributed by atoms with Crippen LogP contribution in [0.3, 0.4) is 0 Å². The topological polar surface area (TPSA) is 56.0 Å². The zero-order valence-electron chi connectivity index (χ0n) is 9.00. The van der Waals surface area contributed by atoms with Crippen molar-refractivity contribution in [2.24, 2.45) is 14.1 Å². The van der Waals surface area contributed by atoms with Gasteiger partial charge in [-0.1, -0.05) is 6.92 Å². The van der Waals surface area contributed by atoms with Crippen molar-refractivity contribution < 1.29 is 0 Å². The molecule has 0 aliphatic carbocycles. The maximum atomic E-state index is 11.6. The van der Waals surface area contributed by atoms with E-state index in [9.17, 15) is 9.59 Å². The summed E-state index contributed by atoms with van der Waals surface area (Å²) >= 11 is 3.19. The van der Waals surface area contributed by atoms with Crippen LogP contribution in [-0.4, -0.2) is 15.7 Å². The first-order chi connectivity index (χ1) is 7.00. The third-order valence-corrected chi connectivity index (χ3v) is 2.87. The molecule has 1 N–H and O–H groups in total. The van der Waals surface area contributed by atoms with Crippen LogP contribution in [0, 0.1) is 0 Å². The summed E-state index contributed by atoms with van der Waals surface area (Å²) in [5.74, 6) is 0.532. The van der Waals surface area contributed by atoms with E-state index in [0.29, 0.717) is 10.3 Å². The second kappa shape index (κ2) is 4.65. The van der Waals surface area contributed by atoms with Gasteiger partial charge < -0.3 is 5.32 Å². The molecule has 0 fully saturated rings. The van der Waals surface area contributed by atoms with E-state index in [1.165, 1.54) is 11.6 Å².